The number of rotatable bonds is 3. The van der Waals surface area contributed by atoms with Crippen molar-refractivity contribution in [2.75, 3.05) is 6.54 Å². The summed E-state index contributed by atoms with van der Waals surface area (Å²) in [4.78, 5) is 34.0. The third kappa shape index (κ3) is 2.67. The average molecular weight is 315 g/mol. The highest BCUT2D eigenvalue weighted by Crippen LogP contribution is 2.31. The Morgan fingerprint density at radius 2 is 2.09 bits per heavy atom. The summed E-state index contributed by atoms with van der Waals surface area (Å²) in [5, 5.41) is 6.77. The molecule has 0 saturated carbocycles. The summed E-state index contributed by atoms with van der Waals surface area (Å²) in [6, 6.07) is -0.0949. The van der Waals surface area contributed by atoms with Crippen LogP contribution in [0.2, 0.25) is 0 Å². The number of aromatic nitrogens is 4. The number of hydrogen-bond donors (Lipinski definition) is 2. The lowest BCUT2D eigenvalue weighted by molar-refractivity contribution is 0.0594. The lowest BCUT2D eigenvalue weighted by Gasteiger charge is -2.34. The van der Waals surface area contributed by atoms with Gasteiger partial charge in [0.25, 0.3) is 5.91 Å². The van der Waals surface area contributed by atoms with Crippen molar-refractivity contribution in [2.45, 2.75) is 46.1 Å². The molecule has 1 amide bonds. The van der Waals surface area contributed by atoms with Crippen LogP contribution in [0, 0.1) is 13.8 Å². The molecular formula is C16H21N5O2. The molecule has 0 aromatic carbocycles. The van der Waals surface area contributed by atoms with Gasteiger partial charge in [-0.05, 0) is 45.6 Å². The first-order valence-electron chi connectivity index (χ1n) is 7.87. The summed E-state index contributed by atoms with van der Waals surface area (Å²) in [6.45, 7) is 5.85. The molecule has 3 heterocycles. The van der Waals surface area contributed by atoms with Gasteiger partial charge >= 0.3 is 0 Å². The number of aryl methyl sites for hydroxylation is 1. The summed E-state index contributed by atoms with van der Waals surface area (Å²) < 4.78 is 0. The Bertz CT molecular complexity index is 732. The van der Waals surface area contributed by atoms with Gasteiger partial charge in [0.05, 0.1) is 6.04 Å². The van der Waals surface area contributed by atoms with E-state index in [9.17, 15) is 9.59 Å². The SMILES string of the molecule is CC(=O)c1c(C)[nH]c(C(=O)N2CCCC[C@@H]2c2ncn[nH]2)c1C. The van der Waals surface area contributed by atoms with Gasteiger partial charge in [-0.3, -0.25) is 14.7 Å². The smallest absolute Gasteiger partial charge is 0.271 e. The number of nitrogens with one attached hydrogen (secondary N) is 2. The topological polar surface area (TPSA) is 94.7 Å². The molecule has 1 fully saturated rings. The van der Waals surface area contributed by atoms with Crippen molar-refractivity contribution >= 4 is 11.7 Å². The molecule has 2 aromatic heterocycles. The normalized spacial score (nSPS) is 18.2. The van der Waals surface area contributed by atoms with Gasteiger partial charge in [-0.2, -0.15) is 5.10 Å². The van der Waals surface area contributed by atoms with Crippen molar-refractivity contribution in [3.8, 4) is 0 Å². The van der Waals surface area contributed by atoms with Crippen molar-refractivity contribution in [1.82, 2.24) is 25.1 Å². The maximum absolute atomic E-state index is 13.0. The Hall–Kier alpha value is -2.44. The van der Waals surface area contributed by atoms with Gasteiger partial charge in [0.1, 0.15) is 17.8 Å². The summed E-state index contributed by atoms with van der Waals surface area (Å²) in [5.74, 6) is 0.603. The number of Topliss-reactive ketones (excluding diaryl/α,β-unsaturated/α-hetero) is 1. The fourth-order valence-corrected chi connectivity index (χ4v) is 3.47. The minimum atomic E-state index is -0.0949. The zero-order chi connectivity index (χ0) is 16.6. The Kier molecular flexibility index (Phi) is 4.02. The molecule has 2 N–H and O–H groups in total. The molecule has 0 unspecified atom stereocenters. The summed E-state index contributed by atoms with van der Waals surface area (Å²) in [5.41, 5.74) is 2.58. The molecule has 23 heavy (non-hydrogen) atoms. The highest BCUT2D eigenvalue weighted by molar-refractivity contribution is 6.02. The number of hydrogen-bond acceptors (Lipinski definition) is 4. The van der Waals surface area contributed by atoms with E-state index in [4.69, 9.17) is 0 Å². The number of aromatic amines is 2. The number of piperidine rings is 1. The van der Waals surface area contributed by atoms with Crippen LogP contribution in [0.1, 0.15) is 70.2 Å². The lowest BCUT2D eigenvalue weighted by Crippen LogP contribution is -2.39. The molecule has 1 aliphatic heterocycles. The molecule has 0 spiro atoms. The molecule has 7 nitrogen and oxygen atoms in total. The first-order chi connectivity index (χ1) is 11.0. The van der Waals surface area contributed by atoms with Crippen LogP contribution in [-0.4, -0.2) is 43.3 Å². The first kappa shape index (κ1) is 15.5. The number of nitrogens with zero attached hydrogens (tertiary/aromatic N) is 3. The second-order valence-corrected chi connectivity index (χ2v) is 6.06. The minimum absolute atomic E-state index is 0.0271. The van der Waals surface area contributed by atoms with Crippen LogP contribution in [-0.2, 0) is 0 Å². The number of amides is 1. The molecule has 0 radical (unpaired) electrons. The maximum Gasteiger partial charge on any atom is 0.271 e. The average Bonchev–Trinajstić information content (AvgIpc) is 3.14. The second-order valence-electron chi connectivity index (χ2n) is 6.06. The third-order valence-corrected chi connectivity index (χ3v) is 4.52. The first-order valence-corrected chi connectivity index (χ1v) is 7.87. The quantitative estimate of drug-likeness (QED) is 0.850. The molecule has 2 aromatic rings. The summed E-state index contributed by atoms with van der Waals surface area (Å²) in [7, 11) is 0. The zero-order valence-electron chi connectivity index (χ0n) is 13.6. The second kappa shape index (κ2) is 5.98. The van der Waals surface area contributed by atoms with Crippen molar-refractivity contribution in [3.05, 3.63) is 34.7 Å². The van der Waals surface area contributed by atoms with Gasteiger partial charge in [-0.25, -0.2) is 4.98 Å². The zero-order valence-corrected chi connectivity index (χ0v) is 13.6. The Balaban J connectivity index is 1.95. The van der Waals surface area contributed by atoms with E-state index in [1.165, 1.54) is 13.3 Å². The van der Waals surface area contributed by atoms with Crippen molar-refractivity contribution < 1.29 is 9.59 Å². The van der Waals surface area contributed by atoms with Crippen LogP contribution in [0.3, 0.4) is 0 Å². The van der Waals surface area contributed by atoms with E-state index in [1.807, 2.05) is 18.7 Å². The highest BCUT2D eigenvalue weighted by Gasteiger charge is 2.32. The molecular weight excluding hydrogens is 294 g/mol. The molecule has 3 rings (SSSR count). The number of carbonyl (C=O) groups is 2. The van der Waals surface area contributed by atoms with E-state index in [0.29, 0.717) is 23.6 Å². The maximum atomic E-state index is 13.0. The number of likely N-dealkylation sites (tertiary alicyclic amines) is 1. The number of carbonyl (C=O) groups excluding carboxylic acids is 2. The largest absolute Gasteiger partial charge is 0.354 e. The van der Waals surface area contributed by atoms with E-state index in [1.54, 1.807) is 0 Å². The van der Waals surface area contributed by atoms with Crippen LogP contribution in [0.4, 0.5) is 0 Å². The van der Waals surface area contributed by atoms with Gasteiger partial charge in [-0.15, -0.1) is 0 Å². The fourth-order valence-electron chi connectivity index (χ4n) is 3.47. The molecule has 0 bridgehead atoms. The van der Waals surface area contributed by atoms with Crippen LogP contribution in [0.15, 0.2) is 6.33 Å². The van der Waals surface area contributed by atoms with Gasteiger partial charge in [0, 0.05) is 17.8 Å². The number of ketones is 1. The highest BCUT2D eigenvalue weighted by atomic mass is 16.2. The van der Waals surface area contributed by atoms with Crippen LogP contribution < -0.4 is 0 Å². The molecule has 1 atom stereocenters. The summed E-state index contributed by atoms with van der Waals surface area (Å²) >= 11 is 0. The van der Waals surface area contributed by atoms with Crippen LogP contribution in [0.25, 0.3) is 0 Å². The van der Waals surface area contributed by atoms with Crippen molar-refractivity contribution in [1.29, 1.82) is 0 Å². The minimum Gasteiger partial charge on any atom is -0.354 e. The van der Waals surface area contributed by atoms with Crippen LogP contribution >= 0.6 is 0 Å². The van der Waals surface area contributed by atoms with E-state index < -0.39 is 0 Å². The standard InChI is InChI=1S/C16H21N5O2/c1-9-13(11(3)22)10(2)19-14(9)16(23)21-7-5-4-6-12(21)15-17-8-18-20-15/h8,12,19H,4-7H2,1-3H3,(H,17,18,20)/t12-/m1/s1. The van der Waals surface area contributed by atoms with Crippen LogP contribution in [0.5, 0.6) is 0 Å². The molecule has 1 aliphatic rings. The molecule has 122 valence electrons. The molecule has 0 aliphatic carbocycles. The lowest BCUT2D eigenvalue weighted by atomic mass is 10.00. The third-order valence-electron chi connectivity index (χ3n) is 4.52. The van der Waals surface area contributed by atoms with E-state index >= 15 is 0 Å². The molecule has 1 saturated heterocycles. The van der Waals surface area contributed by atoms with E-state index in [-0.39, 0.29) is 17.7 Å². The van der Waals surface area contributed by atoms with Gasteiger partial charge < -0.3 is 9.88 Å². The summed E-state index contributed by atoms with van der Waals surface area (Å²) in [6.07, 6.45) is 4.34. The van der Waals surface area contributed by atoms with Gasteiger partial charge in [0.15, 0.2) is 5.78 Å². The van der Waals surface area contributed by atoms with Gasteiger partial charge in [-0.1, -0.05) is 0 Å². The predicted octanol–water partition coefficient (Wildman–Crippen LogP) is 2.32. The Morgan fingerprint density at radius 3 is 2.70 bits per heavy atom. The van der Waals surface area contributed by atoms with E-state index in [0.717, 1.165) is 30.5 Å². The van der Waals surface area contributed by atoms with Crippen molar-refractivity contribution in [2.24, 2.45) is 0 Å². The predicted molar refractivity (Wildman–Crippen MR) is 84.3 cm³/mol. The number of H-pyrrole nitrogens is 2. The van der Waals surface area contributed by atoms with E-state index in [2.05, 4.69) is 20.2 Å². The molecule has 7 heteroatoms. The fraction of sp³-hybridized carbons (Fsp3) is 0.500. The van der Waals surface area contributed by atoms with Crippen molar-refractivity contribution in [3.63, 3.8) is 0 Å². The monoisotopic (exact) mass is 315 g/mol. The Labute approximate surface area is 134 Å². The Morgan fingerprint density at radius 1 is 1.30 bits per heavy atom. The van der Waals surface area contributed by atoms with Gasteiger partial charge in [0.2, 0.25) is 0 Å².